The minimum absolute atomic E-state index is 0.00116. The third-order valence-corrected chi connectivity index (χ3v) is 5.96. The van der Waals surface area contributed by atoms with Gasteiger partial charge in [0.1, 0.15) is 11.5 Å². The van der Waals surface area contributed by atoms with Crippen LogP contribution in [0, 0.1) is 5.92 Å². The number of ketones is 1. The van der Waals surface area contributed by atoms with Crippen LogP contribution < -0.4 is 0 Å². The molecule has 1 heterocycles. The van der Waals surface area contributed by atoms with Crippen LogP contribution in [0.15, 0.2) is 18.2 Å². The van der Waals surface area contributed by atoms with Crippen molar-refractivity contribution in [3.8, 4) is 5.75 Å². The molecule has 0 radical (unpaired) electrons. The van der Waals surface area contributed by atoms with Crippen LogP contribution in [-0.4, -0.2) is 35.4 Å². The van der Waals surface area contributed by atoms with Gasteiger partial charge in [-0.05, 0) is 62.0 Å². The van der Waals surface area contributed by atoms with E-state index in [4.69, 9.17) is 0 Å². The fourth-order valence-electron chi connectivity index (χ4n) is 5.01. The number of piperidine rings is 1. The first kappa shape index (κ1) is 12.4. The summed E-state index contributed by atoms with van der Waals surface area (Å²) in [5.41, 5.74) is 2.60. The Kier molecular flexibility index (Phi) is 2.53. The second kappa shape index (κ2) is 4.08. The summed E-state index contributed by atoms with van der Waals surface area (Å²) in [6.45, 7) is 1.06. The number of aromatic hydroxyl groups is 1. The second-order valence-corrected chi connectivity index (χ2v) is 6.86. The fourth-order valence-corrected chi connectivity index (χ4v) is 5.01. The number of phenolic OH excluding ortho intramolecular Hbond substituents is 1. The Hall–Kier alpha value is -1.35. The number of Topliss-reactive ketones (excluding diaryl/α,β-unsaturated/α-hetero) is 1. The lowest BCUT2D eigenvalue weighted by Crippen LogP contribution is -2.60. The summed E-state index contributed by atoms with van der Waals surface area (Å²) in [5, 5.41) is 9.89. The van der Waals surface area contributed by atoms with Gasteiger partial charge in [0, 0.05) is 24.3 Å². The van der Waals surface area contributed by atoms with E-state index in [1.54, 1.807) is 6.07 Å². The fraction of sp³-hybridized carbons (Fsp3) is 0.588. The zero-order chi connectivity index (χ0) is 13.9. The van der Waals surface area contributed by atoms with Crippen LogP contribution in [0.4, 0.5) is 0 Å². The highest BCUT2D eigenvalue weighted by atomic mass is 16.3. The molecule has 3 atom stereocenters. The number of carbonyl (C=O) groups is 1. The summed E-state index contributed by atoms with van der Waals surface area (Å²) < 4.78 is 0. The average Bonchev–Trinajstić information content (AvgIpc) is 2.43. The molecule has 3 aliphatic rings. The number of rotatable bonds is 0. The van der Waals surface area contributed by atoms with Crippen molar-refractivity contribution in [1.82, 2.24) is 4.90 Å². The number of carbonyl (C=O) groups excluding carboxylic acids is 1. The molecule has 1 aromatic carbocycles. The zero-order valence-corrected chi connectivity index (χ0v) is 11.9. The third-order valence-electron chi connectivity index (χ3n) is 5.96. The van der Waals surface area contributed by atoms with Crippen LogP contribution >= 0.6 is 0 Å². The molecule has 1 aliphatic heterocycles. The smallest absolute Gasteiger partial charge is 0.133 e. The highest BCUT2D eigenvalue weighted by Gasteiger charge is 2.54. The number of benzene rings is 1. The van der Waals surface area contributed by atoms with Crippen LogP contribution in [0.25, 0.3) is 0 Å². The summed E-state index contributed by atoms with van der Waals surface area (Å²) >= 11 is 0. The summed E-state index contributed by atoms with van der Waals surface area (Å²) in [6.07, 6.45) is 4.55. The lowest BCUT2D eigenvalue weighted by molar-refractivity contribution is -0.126. The Balaban J connectivity index is 1.92. The molecule has 2 fully saturated rings. The minimum atomic E-state index is -0.00116. The summed E-state index contributed by atoms with van der Waals surface area (Å²) in [5.74, 6) is 1.32. The van der Waals surface area contributed by atoms with E-state index in [2.05, 4.69) is 18.0 Å². The maximum Gasteiger partial charge on any atom is 0.133 e. The van der Waals surface area contributed by atoms with Gasteiger partial charge in [0.15, 0.2) is 0 Å². The van der Waals surface area contributed by atoms with E-state index in [0.29, 0.717) is 29.9 Å². The van der Waals surface area contributed by atoms with Gasteiger partial charge < -0.3 is 10.0 Å². The lowest BCUT2D eigenvalue weighted by Gasteiger charge is -2.58. The molecule has 20 heavy (non-hydrogen) atoms. The monoisotopic (exact) mass is 271 g/mol. The minimum Gasteiger partial charge on any atom is -0.508 e. The maximum absolute atomic E-state index is 12.1. The van der Waals surface area contributed by atoms with E-state index in [1.807, 2.05) is 6.07 Å². The highest BCUT2D eigenvalue weighted by molar-refractivity contribution is 5.81. The Morgan fingerprint density at radius 3 is 3.10 bits per heavy atom. The van der Waals surface area contributed by atoms with Gasteiger partial charge in [0.25, 0.3) is 0 Å². The van der Waals surface area contributed by atoms with Crippen molar-refractivity contribution in [3.05, 3.63) is 29.3 Å². The average molecular weight is 271 g/mol. The maximum atomic E-state index is 12.1. The number of likely N-dealkylation sites (tertiary alicyclic amines) is 1. The van der Waals surface area contributed by atoms with Gasteiger partial charge in [-0.25, -0.2) is 0 Å². The number of nitrogens with zero attached hydrogens (tertiary/aromatic N) is 1. The van der Waals surface area contributed by atoms with Crippen molar-refractivity contribution in [3.63, 3.8) is 0 Å². The summed E-state index contributed by atoms with van der Waals surface area (Å²) in [6, 6.07) is 6.35. The molecular formula is C17H21NO2. The molecular weight excluding hydrogens is 250 g/mol. The summed E-state index contributed by atoms with van der Waals surface area (Å²) in [4.78, 5) is 14.6. The van der Waals surface area contributed by atoms with Gasteiger partial charge in [-0.1, -0.05) is 6.07 Å². The van der Waals surface area contributed by atoms with E-state index in [-0.39, 0.29) is 5.41 Å². The first-order valence-corrected chi connectivity index (χ1v) is 7.64. The van der Waals surface area contributed by atoms with E-state index in [1.165, 1.54) is 11.1 Å². The van der Waals surface area contributed by atoms with E-state index in [0.717, 1.165) is 32.2 Å². The Bertz CT molecular complexity index is 582. The van der Waals surface area contributed by atoms with Crippen LogP contribution in [-0.2, 0) is 16.6 Å². The van der Waals surface area contributed by atoms with Gasteiger partial charge >= 0.3 is 0 Å². The van der Waals surface area contributed by atoms with Gasteiger partial charge in [-0.15, -0.1) is 0 Å². The van der Waals surface area contributed by atoms with Crippen LogP contribution in [0.3, 0.4) is 0 Å². The largest absolute Gasteiger partial charge is 0.508 e. The quantitative estimate of drug-likeness (QED) is 0.787. The number of hydrogen-bond donors (Lipinski definition) is 1. The van der Waals surface area contributed by atoms with Gasteiger partial charge in [-0.2, -0.15) is 0 Å². The summed E-state index contributed by atoms with van der Waals surface area (Å²) in [7, 11) is 2.22. The van der Waals surface area contributed by atoms with Crippen molar-refractivity contribution in [2.75, 3.05) is 13.6 Å². The SMILES string of the molecule is CN1CC[C@@]23CC(=O)CC[C@@H]2[C@@H]1Cc1ccc(O)cc13. The first-order valence-electron chi connectivity index (χ1n) is 7.64. The molecule has 1 aromatic rings. The van der Waals surface area contributed by atoms with Crippen LogP contribution in [0.5, 0.6) is 5.75 Å². The number of hydrogen-bond acceptors (Lipinski definition) is 3. The molecule has 1 saturated carbocycles. The van der Waals surface area contributed by atoms with E-state index < -0.39 is 0 Å². The molecule has 0 amide bonds. The predicted octanol–water partition coefficient (Wildman–Crippen LogP) is 2.26. The molecule has 2 aliphatic carbocycles. The van der Waals surface area contributed by atoms with E-state index in [9.17, 15) is 9.90 Å². The molecule has 1 saturated heterocycles. The standard InChI is InChI=1S/C17H21NO2/c1-18-7-6-17-10-13(20)4-5-14(17)16(18)8-11-2-3-12(19)9-15(11)17/h2-3,9,14,16,19H,4-8,10H2,1H3/t14-,16+,17-/m1/s1. The van der Waals surface area contributed by atoms with E-state index >= 15 is 0 Å². The van der Waals surface area contributed by atoms with Crippen molar-refractivity contribution in [1.29, 1.82) is 0 Å². The van der Waals surface area contributed by atoms with Gasteiger partial charge in [-0.3, -0.25) is 4.79 Å². The van der Waals surface area contributed by atoms with Crippen molar-refractivity contribution in [2.24, 2.45) is 5.92 Å². The Labute approximate surface area is 119 Å². The molecule has 4 rings (SSSR count). The van der Waals surface area contributed by atoms with Crippen molar-refractivity contribution < 1.29 is 9.90 Å². The van der Waals surface area contributed by atoms with Crippen molar-refractivity contribution in [2.45, 2.75) is 43.6 Å². The van der Waals surface area contributed by atoms with Crippen LogP contribution in [0.1, 0.15) is 36.8 Å². The number of fused-ring (bicyclic) bond motifs is 1. The molecule has 3 nitrogen and oxygen atoms in total. The molecule has 2 bridgehead atoms. The number of likely N-dealkylation sites (N-methyl/N-ethyl adjacent to an activating group) is 1. The lowest BCUT2D eigenvalue weighted by atomic mass is 9.52. The molecule has 0 unspecified atom stereocenters. The second-order valence-electron chi connectivity index (χ2n) is 6.86. The normalized spacial score (nSPS) is 36.4. The highest BCUT2D eigenvalue weighted by Crippen LogP contribution is 2.55. The molecule has 1 N–H and O–H groups in total. The molecule has 3 heteroatoms. The predicted molar refractivity (Wildman–Crippen MR) is 76.9 cm³/mol. The van der Waals surface area contributed by atoms with Gasteiger partial charge in [0.05, 0.1) is 0 Å². The number of phenols is 1. The molecule has 106 valence electrons. The van der Waals surface area contributed by atoms with Crippen LogP contribution in [0.2, 0.25) is 0 Å². The van der Waals surface area contributed by atoms with Gasteiger partial charge in [0.2, 0.25) is 0 Å². The topological polar surface area (TPSA) is 40.5 Å². The first-order chi connectivity index (χ1) is 9.60. The third kappa shape index (κ3) is 1.53. The van der Waals surface area contributed by atoms with Crippen molar-refractivity contribution >= 4 is 5.78 Å². The molecule has 0 spiro atoms. The Morgan fingerprint density at radius 1 is 1.40 bits per heavy atom. The zero-order valence-electron chi connectivity index (χ0n) is 11.9. The molecule has 0 aromatic heterocycles. The Morgan fingerprint density at radius 2 is 2.25 bits per heavy atom.